The highest BCUT2D eigenvalue weighted by Gasteiger charge is 2.23. The predicted molar refractivity (Wildman–Crippen MR) is 62.8 cm³/mol. The van der Waals surface area contributed by atoms with E-state index in [-0.39, 0.29) is 6.61 Å². The molecule has 1 aliphatic carbocycles. The Labute approximate surface area is 91.3 Å². The van der Waals surface area contributed by atoms with Gasteiger partial charge in [0.2, 0.25) is 0 Å². The normalized spacial score (nSPS) is 25.5. The average molecular weight is 205 g/mol. The summed E-state index contributed by atoms with van der Waals surface area (Å²) in [5, 5.41) is 12.8. The first-order chi connectivity index (χ1) is 7.31. The van der Waals surface area contributed by atoms with Crippen molar-refractivity contribution in [2.45, 2.75) is 38.8 Å². The molecule has 15 heavy (non-hydrogen) atoms. The Kier molecular flexibility index (Phi) is 3.27. The minimum Gasteiger partial charge on any atom is -0.392 e. The largest absolute Gasteiger partial charge is 0.392 e. The number of aliphatic hydroxyl groups is 1. The molecule has 1 aliphatic rings. The van der Waals surface area contributed by atoms with Crippen molar-refractivity contribution in [2.24, 2.45) is 5.92 Å². The second-order valence-corrected chi connectivity index (χ2v) is 4.47. The van der Waals surface area contributed by atoms with Crippen LogP contribution in [0.25, 0.3) is 0 Å². The van der Waals surface area contributed by atoms with E-state index in [1.54, 1.807) is 0 Å². The molecular formula is C13H19NO. The van der Waals surface area contributed by atoms with Gasteiger partial charge in [-0.3, -0.25) is 0 Å². The smallest absolute Gasteiger partial charge is 0.0701 e. The highest BCUT2D eigenvalue weighted by atomic mass is 16.3. The van der Waals surface area contributed by atoms with Gasteiger partial charge in [-0.05, 0) is 24.8 Å². The predicted octanol–water partition coefficient (Wildman–Crippen LogP) is 2.78. The first-order valence-electron chi connectivity index (χ1n) is 5.76. The van der Waals surface area contributed by atoms with Crippen LogP contribution in [0.15, 0.2) is 24.3 Å². The van der Waals surface area contributed by atoms with Gasteiger partial charge in [-0.25, -0.2) is 0 Å². The molecule has 0 saturated heterocycles. The second-order valence-electron chi connectivity index (χ2n) is 4.47. The van der Waals surface area contributed by atoms with Gasteiger partial charge in [-0.15, -0.1) is 0 Å². The van der Waals surface area contributed by atoms with Crippen molar-refractivity contribution in [3.8, 4) is 0 Å². The molecule has 1 saturated carbocycles. The highest BCUT2D eigenvalue weighted by molar-refractivity contribution is 5.51. The number of aliphatic hydroxyl groups excluding tert-OH is 1. The minimum atomic E-state index is 0.115. The molecule has 1 aromatic rings. The summed E-state index contributed by atoms with van der Waals surface area (Å²) >= 11 is 0. The molecule has 2 N–H and O–H groups in total. The summed E-state index contributed by atoms with van der Waals surface area (Å²) in [6.07, 6.45) is 3.89. The Balaban J connectivity index is 2.09. The zero-order chi connectivity index (χ0) is 10.7. The van der Waals surface area contributed by atoms with Gasteiger partial charge >= 0.3 is 0 Å². The van der Waals surface area contributed by atoms with Crippen LogP contribution in [0.1, 0.15) is 31.7 Å². The van der Waals surface area contributed by atoms with E-state index in [1.807, 2.05) is 18.2 Å². The molecule has 82 valence electrons. The Hall–Kier alpha value is -1.02. The van der Waals surface area contributed by atoms with Gasteiger partial charge in [0.25, 0.3) is 0 Å². The molecule has 0 radical (unpaired) electrons. The average Bonchev–Trinajstić information content (AvgIpc) is 2.65. The molecule has 0 heterocycles. The Morgan fingerprint density at radius 2 is 2.13 bits per heavy atom. The third kappa shape index (κ3) is 2.32. The van der Waals surface area contributed by atoms with E-state index < -0.39 is 0 Å². The number of para-hydroxylation sites is 1. The third-order valence-electron chi connectivity index (χ3n) is 3.39. The maximum atomic E-state index is 9.22. The van der Waals surface area contributed by atoms with Crippen molar-refractivity contribution in [1.82, 2.24) is 0 Å². The van der Waals surface area contributed by atoms with E-state index in [0.717, 1.165) is 17.2 Å². The lowest BCUT2D eigenvalue weighted by Crippen LogP contribution is -2.22. The molecule has 0 bridgehead atoms. The van der Waals surface area contributed by atoms with E-state index >= 15 is 0 Å². The number of hydrogen-bond donors (Lipinski definition) is 2. The fraction of sp³-hybridized carbons (Fsp3) is 0.538. The topological polar surface area (TPSA) is 32.3 Å². The monoisotopic (exact) mass is 205 g/mol. The van der Waals surface area contributed by atoms with Crippen LogP contribution in [0, 0.1) is 5.92 Å². The molecule has 0 aliphatic heterocycles. The highest BCUT2D eigenvalue weighted by Crippen LogP contribution is 2.29. The summed E-state index contributed by atoms with van der Waals surface area (Å²) in [7, 11) is 0. The van der Waals surface area contributed by atoms with Crippen LogP contribution in [0.4, 0.5) is 5.69 Å². The van der Waals surface area contributed by atoms with E-state index in [4.69, 9.17) is 0 Å². The molecule has 2 nitrogen and oxygen atoms in total. The van der Waals surface area contributed by atoms with Crippen LogP contribution >= 0.6 is 0 Å². The van der Waals surface area contributed by atoms with Gasteiger partial charge in [0, 0.05) is 17.3 Å². The van der Waals surface area contributed by atoms with Crippen molar-refractivity contribution in [2.75, 3.05) is 5.32 Å². The maximum absolute atomic E-state index is 9.22. The summed E-state index contributed by atoms with van der Waals surface area (Å²) in [5.41, 5.74) is 2.09. The third-order valence-corrected chi connectivity index (χ3v) is 3.39. The zero-order valence-corrected chi connectivity index (χ0v) is 9.24. The fourth-order valence-electron chi connectivity index (χ4n) is 2.36. The first-order valence-corrected chi connectivity index (χ1v) is 5.76. The lowest BCUT2D eigenvalue weighted by molar-refractivity contribution is 0.282. The summed E-state index contributed by atoms with van der Waals surface area (Å²) in [6, 6.07) is 8.59. The van der Waals surface area contributed by atoms with Crippen LogP contribution in [-0.4, -0.2) is 11.1 Å². The zero-order valence-electron chi connectivity index (χ0n) is 9.24. The lowest BCUT2D eigenvalue weighted by Gasteiger charge is -2.20. The molecular weight excluding hydrogens is 186 g/mol. The van der Waals surface area contributed by atoms with Gasteiger partial charge in [0.1, 0.15) is 0 Å². The first kappa shape index (κ1) is 10.5. The number of nitrogens with one attached hydrogen (secondary N) is 1. The molecule has 1 fully saturated rings. The van der Waals surface area contributed by atoms with Crippen LogP contribution in [-0.2, 0) is 6.61 Å². The van der Waals surface area contributed by atoms with Crippen molar-refractivity contribution in [3.05, 3.63) is 29.8 Å². The Morgan fingerprint density at radius 3 is 2.80 bits per heavy atom. The summed E-state index contributed by atoms with van der Waals surface area (Å²) in [5.74, 6) is 0.747. The van der Waals surface area contributed by atoms with Gasteiger partial charge in [-0.1, -0.05) is 31.5 Å². The lowest BCUT2D eigenvalue weighted by atomic mass is 10.1. The van der Waals surface area contributed by atoms with Crippen LogP contribution < -0.4 is 5.32 Å². The number of anilines is 1. The molecule has 1 aromatic carbocycles. The van der Waals surface area contributed by atoms with Gasteiger partial charge in [0.15, 0.2) is 0 Å². The van der Waals surface area contributed by atoms with E-state index in [2.05, 4.69) is 18.3 Å². The van der Waals surface area contributed by atoms with Gasteiger partial charge < -0.3 is 10.4 Å². The summed E-state index contributed by atoms with van der Waals surface area (Å²) in [6.45, 7) is 2.41. The van der Waals surface area contributed by atoms with Crippen molar-refractivity contribution >= 4 is 5.69 Å². The van der Waals surface area contributed by atoms with Crippen molar-refractivity contribution < 1.29 is 5.11 Å². The summed E-state index contributed by atoms with van der Waals surface area (Å²) < 4.78 is 0. The fourth-order valence-corrected chi connectivity index (χ4v) is 2.36. The maximum Gasteiger partial charge on any atom is 0.0701 e. The molecule has 0 aromatic heterocycles. The SMILES string of the molecule is C[C@H]1CCC[C@H]1Nc1ccccc1CO. The standard InChI is InChI=1S/C13H19NO/c1-10-5-4-8-12(10)14-13-7-3-2-6-11(13)9-15/h2-3,6-7,10,12,14-15H,4-5,8-9H2,1H3/t10-,12+/m0/s1. The molecule has 0 spiro atoms. The van der Waals surface area contributed by atoms with Crippen LogP contribution in [0.5, 0.6) is 0 Å². The Bertz CT molecular complexity index is 324. The van der Waals surface area contributed by atoms with Crippen molar-refractivity contribution in [1.29, 1.82) is 0 Å². The van der Waals surface area contributed by atoms with Crippen LogP contribution in [0.2, 0.25) is 0 Å². The number of hydrogen-bond acceptors (Lipinski definition) is 2. The van der Waals surface area contributed by atoms with E-state index in [0.29, 0.717) is 6.04 Å². The summed E-state index contributed by atoms with van der Waals surface area (Å²) in [4.78, 5) is 0. The number of rotatable bonds is 3. The van der Waals surface area contributed by atoms with Crippen LogP contribution in [0.3, 0.4) is 0 Å². The molecule has 2 heteroatoms. The molecule has 2 rings (SSSR count). The quantitative estimate of drug-likeness (QED) is 0.795. The minimum absolute atomic E-state index is 0.115. The van der Waals surface area contributed by atoms with Gasteiger partial charge in [-0.2, -0.15) is 0 Å². The second kappa shape index (κ2) is 4.67. The molecule has 0 unspecified atom stereocenters. The Morgan fingerprint density at radius 1 is 1.33 bits per heavy atom. The molecule has 0 amide bonds. The number of benzene rings is 1. The van der Waals surface area contributed by atoms with Gasteiger partial charge in [0.05, 0.1) is 6.61 Å². The van der Waals surface area contributed by atoms with Crippen molar-refractivity contribution in [3.63, 3.8) is 0 Å². The van der Waals surface area contributed by atoms with E-state index in [1.165, 1.54) is 19.3 Å². The molecule has 2 atom stereocenters. The van der Waals surface area contributed by atoms with E-state index in [9.17, 15) is 5.11 Å².